The average Bonchev–Trinajstić information content (AvgIpc) is 2.45. The molecule has 0 heterocycles. The summed E-state index contributed by atoms with van der Waals surface area (Å²) in [6.45, 7) is 12.0. The molecule has 0 bridgehead atoms. The molecular weight excluding hydrogens is 328 g/mol. The van der Waals surface area contributed by atoms with Gasteiger partial charge in [-0.1, -0.05) is 48.0 Å². The Kier molecular flexibility index (Phi) is 12.3. The van der Waals surface area contributed by atoms with E-state index in [4.69, 9.17) is 24.4 Å². The summed E-state index contributed by atoms with van der Waals surface area (Å²) in [4.78, 5) is 4.25. The van der Waals surface area contributed by atoms with Gasteiger partial charge in [0.1, 0.15) is 8.64 Å². The van der Waals surface area contributed by atoms with Crippen molar-refractivity contribution in [2.45, 2.75) is 33.8 Å². The first-order valence-corrected chi connectivity index (χ1v) is 9.80. The van der Waals surface area contributed by atoms with E-state index in [-0.39, 0.29) is 6.10 Å². The minimum Gasteiger partial charge on any atom is -0.391 e. The van der Waals surface area contributed by atoms with Crippen LogP contribution in [-0.4, -0.2) is 67.3 Å². The van der Waals surface area contributed by atoms with Crippen LogP contribution in [0.4, 0.5) is 0 Å². The van der Waals surface area contributed by atoms with Crippen LogP contribution in [0.2, 0.25) is 0 Å². The molecule has 0 spiro atoms. The lowest BCUT2D eigenvalue weighted by Gasteiger charge is -2.23. The van der Waals surface area contributed by atoms with Gasteiger partial charge in [-0.3, -0.25) is 0 Å². The van der Waals surface area contributed by atoms with Crippen molar-refractivity contribution >= 4 is 56.6 Å². The van der Waals surface area contributed by atoms with Crippen LogP contribution in [0.1, 0.15) is 27.7 Å². The Labute approximate surface area is 142 Å². The second-order valence-corrected chi connectivity index (χ2v) is 7.46. The molecule has 0 aliphatic rings. The number of nitrogens with zero attached hydrogens (tertiary/aromatic N) is 2. The predicted octanol–water partition coefficient (Wildman–Crippen LogP) is 3.07. The third-order valence-electron chi connectivity index (χ3n) is 2.84. The fourth-order valence-corrected chi connectivity index (χ4v) is 4.39. The maximum Gasteiger partial charge on any atom is 0.136 e. The fraction of sp³-hybridized carbons (Fsp3) is 0.846. The molecule has 0 aromatic carbocycles. The second-order valence-electron chi connectivity index (χ2n) is 4.15. The summed E-state index contributed by atoms with van der Waals surface area (Å²) in [5.74, 6) is 1.26. The summed E-state index contributed by atoms with van der Waals surface area (Å²) in [5.41, 5.74) is 0. The summed E-state index contributed by atoms with van der Waals surface area (Å²) in [6, 6.07) is 0. The van der Waals surface area contributed by atoms with E-state index in [9.17, 15) is 5.11 Å². The van der Waals surface area contributed by atoms with Gasteiger partial charge in [0.25, 0.3) is 0 Å². The van der Waals surface area contributed by atoms with Gasteiger partial charge in [-0.2, -0.15) is 0 Å². The molecule has 0 fully saturated rings. The molecule has 1 N–H and O–H groups in total. The first-order chi connectivity index (χ1) is 9.49. The van der Waals surface area contributed by atoms with Gasteiger partial charge >= 0.3 is 0 Å². The summed E-state index contributed by atoms with van der Waals surface area (Å²) >= 11 is 13.8. The molecule has 0 aliphatic carbocycles. The number of rotatable bonds is 8. The van der Waals surface area contributed by atoms with E-state index < -0.39 is 0 Å². The molecule has 0 atom stereocenters. The van der Waals surface area contributed by atoms with Crippen molar-refractivity contribution in [1.82, 2.24) is 9.80 Å². The Morgan fingerprint density at radius 2 is 1.15 bits per heavy atom. The Morgan fingerprint density at radius 3 is 1.40 bits per heavy atom. The summed E-state index contributed by atoms with van der Waals surface area (Å²) in [6.07, 6.45) is -0.382. The van der Waals surface area contributed by atoms with Gasteiger partial charge in [-0.25, -0.2) is 0 Å². The predicted molar refractivity (Wildman–Crippen MR) is 102 cm³/mol. The van der Waals surface area contributed by atoms with Gasteiger partial charge in [0, 0.05) is 37.7 Å². The van der Waals surface area contributed by atoms with Gasteiger partial charge in [0.05, 0.1) is 6.10 Å². The highest BCUT2D eigenvalue weighted by Crippen LogP contribution is 2.16. The normalized spacial score (nSPS) is 10.7. The number of hydrogen-bond donors (Lipinski definition) is 1. The molecule has 20 heavy (non-hydrogen) atoms. The number of hydrogen-bond acceptors (Lipinski definition) is 5. The topological polar surface area (TPSA) is 26.7 Å². The Balaban J connectivity index is 3.97. The highest BCUT2D eigenvalue weighted by atomic mass is 32.2. The Hall–Kier alpha value is 0.440. The van der Waals surface area contributed by atoms with E-state index in [2.05, 4.69) is 37.5 Å². The van der Waals surface area contributed by atoms with Crippen molar-refractivity contribution in [1.29, 1.82) is 0 Å². The van der Waals surface area contributed by atoms with E-state index in [1.807, 2.05) is 0 Å². The van der Waals surface area contributed by atoms with Gasteiger partial charge in [0.15, 0.2) is 0 Å². The lowest BCUT2D eigenvalue weighted by molar-refractivity contribution is 0.225. The third kappa shape index (κ3) is 8.02. The average molecular weight is 355 g/mol. The molecule has 0 rings (SSSR count). The number of aliphatic hydroxyl groups is 1. The van der Waals surface area contributed by atoms with E-state index >= 15 is 0 Å². The van der Waals surface area contributed by atoms with Crippen LogP contribution in [0.15, 0.2) is 0 Å². The fourth-order valence-electron chi connectivity index (χ4n) is 1.53. The van der Waals surface area contributed by atoms with Gasteiger partial charge in [-0.05, 0) is 27.7 Å². The zero-order valence-corrected chi connectivity index (χ0v) is 16.1. The molecule has 0 radical (unpaired) electrons. The first kappa shape index (κ1) is 20.4. The van der Waals surface area contributed by atoms with E-state index in [1.165, 1.54) is 0 Å². The lowest BCUT2D eigenvalue weighted by atomic mass is 10.5. The summed E-state index contributed by atoms with van der Waals surface area (Å²) < 4.78 is 1.73. The zero-order valence-electron chi connectivity index (χ0n) is 12.8. The Bertz CT molecular complexity index is 266. The van der Waals surface area contributed by atoms with Gasteiger partial charge in [0.2, 0.25) is 0 Å². The highest BCUT2D eigenvalue weighted by molar-refractivity contribution is 8.23. The maximum atomic E-state index is 10.0. The molecule has 0 unspecified atom stereocenters. The second kappa shape index (κ2) is 12.0. The van der Waals surface area contributed by atoms with Crippen LogP contribution < -0.4 is 0 Å². The van der Waals surface area contributed by atoms with Gasteiger partial charge in [-0.15, -0.1) is 0 Å². The first-order valence-electron chi connectivity index (χ1n) is 7.01. The van der Waals surface area contributed by atoms with Crippen molar-refractivity contribution < 1.29 is 5.11 Å². The number of thiocarbonyl (C=S) groups is 2. The molecule has 0 aromatic heterocycles. The van der Waals surface area contributed by atoms with Crippen LogP contribution in [0, 0.1) is 0 Å². The molecule has 0 saturated heterocycles. The molecule has 7 heteroatoms. The third-order valence-corrected chi connectivity index (χ3v) is 6.18. The van der Waals surface area contributed by atoms with Crippen LogP contribution in [0.3, 0.4) is 0 Å². The van der Waals surface area contributed by atoms with Crippen LogP contribution >= 0.6 is 48.0 Å². The zero-order chi connectivity index (χ0) is 15.5. The lowest BCUT2D eigenvalue weighted by Crippen LogP contribution is -2.29. The van der Waals surface area contributed by atoms with E-state index in [0.717, 1.165) is 34.8 Å². The molecule has 0 aromatic rings. The van der Waals surface area contributed by atoms with Crippen LogP contribution in [0.5, 0.6) is 0 Å². The molecule has 3 nitrogen and oxygen atoms in total. The van der Waals surface area contributed by atoms with Gasteiger partial charge < -0.3 is 14.9 Å². The molecule has 118 valence electrons. The monoisotopic (exact) mass is 354 g/mol. The van der Waals surface area contributed by atoms with E-state index in [1.54, 1.807) is 23.5 Å². The summed E-state index contributed by atoms with van der Waals surface area (Å²) in [5, 5.41) is 10.0. The smallest absolute Gasteiger partial charge is 0.136 e. The molecule has 0 aliphatic heterocycles. The maximum absolute atomic E-state index is 10.0. The number of thioether (sulfide) groups is 2. The standard InChI is InChI=1S/C13H26N2OS4/c1-5-14(6-2)12(17)19-9-11(16)10-20-13(18)15(7-3)8-4/h11,16H,5-10H2,1-4H3. The number of aliphatic hydroxyl groups excluding tert-OH is 1. The van der Waals surface area contributed by atoms with Crippen molar-refractivity contribution in [2.75, 3.05) is 37.7 Å². The van der Waals surface area contributed by atoms with E-state index in [0.29, 0.717) is 11.5 Å². The molecule has 0 amide bonds. The minimum absolute atomic E-state index is 0.382. The van der Waals surface area contributed by atoms with Crippen molar-refractivity contribution in [2.24, 2.45) is 0 Å². The largest absolute Gasteiger partial charge is 0.391 e. The van der Waals surface area contributed by atoms with Crippen molar-refractivity contribution in [3.05, 3.63) is 0 Å². The molecular formula is C13H26N2OS4. The SMILES string of the molecule is CCN(CC)C(=S)SCC(O)CSC(=S)N(CC)CC. The highest BCUT2D eigenvalue weighted by Gasteiger charge is 2.13. The Morgan fingerprint density at radius 1 is 0.850 bits per heavy atom. The van der Waals surface area contributed by atoms with Crippen molar-refractivity contribution in [3.63, 3.8) is 0 Å². The molecule has 0 saturated carbocycles. The quantitative estimate of drug-likeness (QED) is 0.669. The minimum atomic E-state index is -0.382. The van der Waals surface area contributed by atoms with Crippen LogP contribution in [-0.2, 0) is 0 Å². The van der Waals surface area contributed by atoms with Crippen molar-refractivity contribution in [3.8, 4) is 0 Å². The summed E-state index contributed by atoms with van der Waals surface area (Å²) in [7, 11) is 0. The van der Waals surface area contributed by atoms with Crippen LogP contribution in [0.25, 0.3) is 0 Å².